The summed E-state index contributed by atoms with van der Waals surface area (Å²) in [5.74, 6) is 0.251. The number of hydrogen-bond acceptors (Lipinski definition) is 8. The van der Waals surface area contributed by atoms with Crippen LogP contribution in [0.4, 0.5) is 5.69 Å². The molecule has 0 fully saturated rings. The van der Waals surface area contributed by atoms with E-state index in [2.05, 4.69) is 6.07 Å². The average Bonchev–Trinajstić information content (AvgIpc) is 2.92. The maximum absolute atomic E-state index is 12.5. The molecule has 0 N–H and O–H groups in total. The number of carbonyl (C=O) groups is 1. The molecule has 1 aromatic heterocycles. The Balaban J connectivity index is 1.63. The zero-order chi connectivity index (χ0) is 26.2. The lowest BCUT2D eigenvalue weighted by Gasteiger charge is -2.13. The smallest absolute Gasteiger partial charge is 0.321 e. The molecular formula is C28H21N3O5S. The van der Waals surface area contributed by atoms with Crippen molar-refractivity contribution in [3.8, 4) is 40.0 Å². The van der Waals surface area contributed by atoms with Crippen LogP contribution in [0, 0.1) is 21.4 Å². The van der Waals surface area contributed by atoms with Crippen molar-refractivity contribution in [1.82, 2.24) is 4.98 Å². The molecule has 1 heterocycles. The highest BCUT2D eigenvalue weighted by atomic mass is 32.2. The van der Waals surface area contributed by atoms with Gasteiger partial charge in [0, 0.05) is 23.3 Å². The first-order valence-electron chi connectivity index (χ1n) is 11.3. The van der Waals surface area contributed by atoms with Gasteiger partial charge in [-0.3, -0.25) is 14.9 Å². The van der Waals surface area contributed by atoms with Crippen LogP contribution in [-0.2, 0) is 4.79 Å². The summed E-state index contributed by atoms with van der Waals surface area (Å²) in [4.78, 5) is 27.5. The molecule has 4 aromatic rings. The van der Waals surface area contributed by atoms with E-state index in [9.17, 15) is 20.2 Å². The van der Waals surface area contributed by atoms with Gasteiger partial charge in [0.15, 0.2) is 0 Å². The summed E-state index contributed by atoms with van der Waals surface area (Å²) in [6.07, 6.45) is 0. The van der Waals surface area contributed by atoms with E-state index in [1.807, 2.05) is 67.6 Å². The van der Waals surface area contributed by atoms with E-state index in [4.69, 9.17) is 14.5 Å². The highest BCUT2D eigenvalue weighted by Crippen LogP contribution is 2.34. The summed E-state index contributed by atoms with van der Waals surface area (Å²) in [6, 6.07) is 26.4. The molecule has 0 aliphatic rings. The highest BCUT2D eigenvalue weighted by molar-refractivity contribution is 7.99. The van der Waals surface area contributed by atoms with E-state index in [1.165, 1.54) is 24.3 Å². The van der Waals surface area contributed by atoms with E-state index in [-0.39, 0.29) is 17.2 Å². The Hall–Kier alpha value is -4.68. The number of ether oxygens (including phenoxy) is 2. The summed E-state index contributed by atoms with van der Waals surface area (Å²) in [6.45, 7) is 2.47. The number of nitro groups is 1. The number of non-ortho nitro benzene ring substituents is 1. The summed E-state index contributed by atoms with van der Waals surface area (Å²) < 4.78 is 10.8. The quantitative estimate of drug-likeness (QED) is 0.0846. The van der Waals surface area contributed by atoms with Gasteiger partial charge in [-0.2, -0.15) is 5.26 Å². The van der Waals surface area contributed by atoms with E-state index in [0.29, 0.717) is 28.5 Å². The van der Waals surface area contributed by atoms with Crippen LogP contribution in [-0.4, -0.2) is 28.2 Å². The van der Waals surface area contributed by atoms with Crippen molar-refractivity contribution in [2.45, 2.75) is 11.9 Å². The van der Waals surface area contributed by atoms with Crippen molar-refractivity contribution < 1.29 is 19.2 Å². The number of hydrogen-bond donors (Lipinski definition) is 0. The second-order valence-electron chi connectivity index (χ2n) is 7.68. The topological polar surface area (TPSA) is 115 Å². The van der Waals surface area contributed by atoms with Crippen LogP contribution in [0.2, 0.25) is 0 Å². The van der Waals surface area contributed by atoms with Gasteiger partial charge in [0.1, 0.15) is 22.6 Å². The Bertz CT molecular complexity index is 1450. The van der Waals surface area contributed by atoms with E-state index >= 15 is 0 Å². The number of nitriles is 1. The molecule has 0 saturated heterocycles. The predicted molar refractivity (Wildman–Crippen MR) is 140 cm³/mol. The standard InChI is InChI=1S/C28H21N3O5S/c1-2-35-22-12-8-20(9-13-22)26-16-24(19-6-4-3-5-7-19)25(17-29)28(30-26)37-18-27(32)36-23-14-10-21(11-15-23)31(33)34/h3-16H,2,18H2,1H3. The van der Waals surface area contributed by atoms with Crippen molar-refractivity contribution >= 4 is 23.4 Å². The van der Waals surface area contributed by atoms with Crippen LogP contribution in [0.3, 0.4) is 0 Å². The molecule has 0 amide bonds. The lowest BCUT2D eigenvalue weighted by atomic mass is 9.99. The Morgan fingerprint density at radius 2 is 1.68 bits per heavy atom. The third-order valence-corrected chi connectivity index (χ3v) is 6.20. The lowest BCUT2D eigenvalue weighted by Crippen LogP contribution is -2.11. The van der Waals surface area contributed by atoms with Crippen LogP contribution >= 0.6 is 11.8 Å². The zero-order valence-electron chi connectivity index (χ0n) is 19.8. The molecule has 0 bridgehead atoms. The van der Waals surface area contributed by atoms with Crippen LogP contribution < -0.4 is 9.47 Å². The average molecular weight is 512 g/mol. The van der Waals surface area contributed by atoms with Gasteiger partial charge in [-0.1, -0.05) is 42.1 Å². The molecule has 0 spiro atoms. The summed E-state index contributed by atoms with van der Waals surface area (Å²) >= 11 is 1.09. The normalized spacial score (nSPS) is 10.4. The highest BCUT2D eigenvalue weighted by Gasteiger charge is 2.18. The van der Waals surface area contributed by atoms with Gasteiger partial charge < -0.3 is 9.47 Å². The number of thioether (sulfide) groups is 1. The van der Waals surface area contributed by atoms with Gasteiger partial charge in [-0.25, -0.2) is 4.98 Å². The fourth-order valence-corrected chi connectivity index (χ4v) is 4.32. The molecule has 0 unspecified atom stereocenters. The number of nitro benzene ring substituents is 1. The Labute approximate surface area is 217 Å². The summed E-state index contributed by atoms with van der Waals surface area (Å²) in [5.41, 5.74) is 3.29. The van der Waals surface area contributed by atoms with Gasteiger partial charge >= 0.3 is 5.97 Å². The largest absolute Gasteiger partial charge is 0.494 e. The monoisotopic (exact) mass is 511 g/mol. The number of esters is 1. The molecule has 3 aromatic carbocycles. The third kappa shape index (κ3) is 6.31. The van der Waals surface area contributed by atoms with E-state index in [0.717, 1.165) is 28.6 Å². The maximum Gasteiger partial charge on any atom is 0.321 e. The van der Waals surface area contributed by atoms with Gasteiger partial charge in [-0.05, 0) is 55.0 Å². The van der Waals surface area contributed by atoms with Crippen molar-refractivity contribution in [2.75, 3.05) is 12.4 Å². The van der Waals surface area contributed by atoms with E-state index in [1.54, 1.807) is 0 Å². The minimum Gasteiger partial charge on any atom is -0.494 e. The van der Waals surface area contributed by atoms with Gasteiger partial charge in [-0.15, -0.1) is 0 Å². The maximum atomic E-state index is 12.5. The van der Waals surface area contributed by atoms with Crippen molar-refractivity contribution in [1.29, 1.82) is 5.26 Å². The fourth-order valence-electron chi connectivity index (χ4n) is 3.54. The minimum atomic E-state index is -0.572. The molecule has 8 nitrogen and oxygen atoms in total. The van der Waals surface area contributed by atoms with Crippen LogP contribution in [0.15, 0.2) is 90.0 Å². The zero-order valence-corrected chi connectivity index (χ0v) is 20.6. The van der Waals surface area contributed by atoms with Gasteiger partial charge in [0.2, 0.25) is 0 Å². The summed E-state index contributed by atoms with van der Waals surface area (Å²) in [5, 5.41) is 21.2. The molecule has 37 heavy (non-hydrogen) atoms. The van der Waals surface area contributed by atoms with Gasteiger partial charge in [0.05, 0.1) is 28.5 Å². The lowest BCUT2D eigenvalue weighted by molar-refractivity contribution is -0.384. The molecular weight excluding hydrogens is 490 g/mol. The molecule has 0 saturated carbocycles. The number of rotatable bonds is 9. The molecule has 0 atom stereocenters. The van der Waals surface area contributed by atoms with Crippen LogP contribution in [0.5, 0.6) is 11.5 Å². The van der Waals surface area contributed by atoms with Crippen molar-refractivity contribution in [2.24, 2.45) is 0 Å². The molecule has 4 rings (SSSR count). The van der Waals surface area contributed by atoms with Gasteiger partial charge in [0.25, 0.3) is 5.69 Å². The molecule has 0 aliphatic heterocycles. The van der Waals surface area contributed by atoms with Crippen LogP contribution in [0.1, 0.15) is 12.5 Å². The fraction of sp³-hybridized carbons (Fsp3) is 0.107. The molecule has 184 valence electrons. The number of benzene rings is 3. The van der Waals surface area contributed by atoms with E-state index < -0.39 is 10.9 Å². The molecule has 0 aliphatic carbocycles. The SMILES string of the molecule is CCOc1ccc(-c2cc(-c3ccccc3)c(C#N)c(SCC(=O)Oc3ccc([N+](=O)[O-])cc3)n2)cc1. The predicted octanol–water partition coefficient (Wildman–Crippen LogP) is 6.29. The molecule has 9 heteroatoms. The Kier molecular flexibility index (Phi) is 8.13. The first-order chi connectivity index (χ1) is 18.0. The number of carbonyl (C=O) groups excluding carboxylic acids is 1. The third-order valence-electron chi connectivity index (χ3n) is 5.25. The second-order valence-corrected chi connectivity index (χ2v) is 8.65. The number of pyridine rings is 1. The Morgan fingerprint density at radius 1 is 1.00 bits per heavy atom. The van der Waals surface area contributed by atoms with Crippen LogP contribution in [0.25, 0.3) is 22.4 Å². The Morgan fingerprint density at radius 3 is 2.30 bits per heavy atom. The number of aromatic nitrogens is 1. The minimum absolute atomic E-state index is 0.100. The molecule has 0 radical (unpaired) electrons. The first kappa shape index (κ1) is 25.4. The second kappa shape index (κ2) is 11.8. The first-order valence-corrected chi connectivity index (χ1v) is 12.3. The van der Waals surface area contributed by atoms with Crippen molar-refractivity contribution in [3.63, 3.8) is 0 Å². The van der Waals surface area contributed by atoms with Crippen molar-refractivity contribution in [3.05, 3.63) is 101 Å². The number of nitrogens with zero attached hydrogens (tertiary/aromatic N) is 3. The summed E-state index contributed by atoms with van der Waals surface area (Å²) in [7, 11) is 0.